The molecule has 0 N–H and O–H groups in total. The van der Waals surface area contributed by atoms with Crippen LogP contribution in [0, 0.1) is 16.0 Å². The van der Waals surface area contributed by atoms with Crippen molar-refractivity contribution in [2.75, 3.05) is 31.1 Å². The quantitative estimate of drug-likeness (QED) is 0.506. The third kappa shape index (κ3) is 4.45. The Kier molecular flexibility index (Phi) is 6.26. The third-order valence-electron chi connectivity index (χ3n) is 6.36. The summed E-state index contributed by atoms with van der Waals surface area (Å²) in [5, 5.41) is 23.8. The van der Waals surface area contributed by atoms with Gasteiger partial charge in [0.05, 0.1) is 17.0 Å². The van der Waals surface area contributed by atoms with E-state index < -0.39 is 0 Å². The third-order valence-corrected chi connectivity index (χ3v) is 6.36. The van der Waals surface area contributed by atoms with Crippen molar-refractivity contribution in [3.63, 3.8) is 0 Å². The van der Waals surface area contributed by atoms with Crippen LogP contribution in [-0.4, -0.2) is 56.2 Å². The SMILES string of the molecule is CC(C)CC(c1nnnn1C1CCCC1)N1CCN(c2ccc([N+](=O)[O-])cc2)CC1. The fraction of sp³-hybridized carbons (Fsp3) is 0.667. The smallest absolute Gasteiger partial charge is 0.269 e. The fourth-order valence-electron chi connectivity index (χ4n) is 4.77. The lowest BCUT2D eigenvalue weighted by Gasteiger charge is -2.40. The molecule has 0 amide bonds. The molecule has 1 unspecified atom stereocenters. The lowest BCUT2D eigenvalue weighted by Crippen LogP contribution is -2.48. The summed E-state index contributed by atoms with van der Waals surface area (Å²) in [4.78, 5) is 15.4. The average Bonchev–Trinajstić information content (AvgIpc) is 3.44. The number of nitro groups is 1. The molecule has 1 aromatic carbocycles. The van der Waals surface area contributed by atoms with Gasteiger partial charge in [-0.2, -0.15) is 0 Å². The first-order valence-corrected chi connectivity index (χ1v) is 11.0. The molecule has 1 aromatic heterocycles. The lowest BCUT2D eigenvalue weighted by atomic mass is 10.0. The number of benzene rings is 1. The number of nitro benzene ring substituents is 1. The van der Waals surface area contributed by atoms with Crippen molar-refractivity contribution in [1.82, 2.24) is 25.1 Å². The van der Waals surface area contributed by atoms with E-state index in [1.165, 1.54) is 25.7 Å². The maximum absolute atomic E-state index is 10.9. The summed E-state index contributed by atoms with van der Waals surface area (Å²) in [6, 6.07) is 7.52. The molecule has 0 bridgehead atoms. The Bertz CT molecular complexity index is 837. The predicted molar refractivity (Wildman–Crippen MR) is 114 cm³/mol. The zero-order chi connectivity index (χ0) is 21.1. The highest BCUT2D eigenvalue weighted by Gasteiger charge is 2.32. The molecule has 2 aliphatic rings. The first-order chi connectivity index (χ1) is 14.5. The summed E-state index contributed by atoms with van der Waals surface area (Å²) >= 11 is 0. The molecule has 162 valence electrons. The van der Waals surface area contributed by atoms with Gasteiger partial charge >= 0.3 is 0 Å². The van der Waals surface area contributed by atoms with Crippen LogP contribution in [0.15, 0.2) is 24.3 Å². The minimum Gasteiger partial charge on any atom is -0.369 e. The topological polar surface area (TPSA) is 93.2 Å². The molecule has 1 atom stereocenters. The summed E-state index contributed by atoms with van der Waals surface area (Å²) in [6.07, 6.45) is 5.88. The molecular formula is C21H31N7O2. The van der Waals surface area contributed by atoms with Crippen molar-refractivity contribution in [3.8, 4) is 0 Å². The van der Waals surface area contributed by atoms with Gasteiger partial charge in [-0.1, -0.05) is 26.7 Å². The number of tetrazole rings is 1. The van der Waals surface area contributed by atoms with Crippen molar-refractivity contribution >= 4 is 11.4 Å². The number of piperazine rings is 1. The summed E-state index contributed by atoms with van der Waals surface area (Å²) < 4.78 is 2.10. The number of hydrogen-bond donors (Lipinski definition) is 0. The Balaban J connectivity index is 1.46. The maximum atomic E-state index is 10.9. The molecule has 1 aliphatic heterocycles. The van der Waals surface area contributed by atoms with Crippen molar-refractivity contribution in [1.29, 1.82) is 0 Å². The highest BCUT2D eigenvalue weighted by atomic mass is 16.6. The standard InChI is InChI=1S/C21H31N7O2/c1-16(2)15-20(21-22-23-24-27(21)18-5-3-4-6-18)26-13-11-25(12-14-26)17-7-9-19(10-8-17)28(29)30/h7-10,16,18,20H,3-6,11-15H2,1-2H3. The van der Waals surface area contributed by atoms with Gasteiger partial charge in [0.25, 0.3) is 5.69 Å². The average molecular weight is 414 g/mol. The van der Waals surface area contributed by atoms with Gasteiger partial charge in [0, 0.05) is 44.0 Å². The molecule has 0 radical (unpaired) electrons. The van der Waals surface area contributed by atoms with Gasteiger partial charge in [0.15, 0.2) is 5.82 Å². The normalized spacial score (nSPS) is 19.5. The Morgan fingerprint density at radius 1 is 1.10 bits per heavy atom. The summed E-state index contributed by atoms with van der Waals surface area (Å²) in [5.74, 6) is 1.57. The van der Waals surface area contributed by atoms with Crippen LogP contribution in [0.2, 0.25) is 0 Å². The molecule has 9 heteroatoms. The van der Waals surface area contributed by atoms with Crippen LogP contribution in [0.4, 0.5) is 11.4 Å². The summed E-state index contributed by atoms with van der Waals surface area (Å²) in [5.41, 5.74) is 1.17. The van der Waals surface area contributed by atoms with Crippen LogP contribution in [-0.2, 0) is 0 Å². The maximum Gasteiger partial charge on any atom is 0.269 e. The number of non-ortho nitro benzene ring substituents is 1. The second kappa shape index (κ2) is 9.07. The molecule has 1 saturated heterocycles. The molecule has 30 heavy (non-hydrogen) atoms. The molecule has 2 heterocycles. The van der Waals surface area contributed by atoms with Crippen molar-refractivity contribution in [2.45, 2.75) is 58.0 Å². The monoisotopic (exact) mass is 413 g/mol. The van der Waals surface area contributed by atoms with Crippen LogP contribution in [0.3, 0.4) is 0 Å². The van der Waals surface area contributed by atoms with Crippen molar-refractivity contribution in [2.24, 2.45) is 5.92 Å². The van der Waals surface area contributed by atoms with E-state index in [9.17, 15) is 10.1 Å². The van der Waals surface area contributed by atoms with Crippen molar-refractivity contribution in [3.05, 3.63) is 40.2 Å². The van der Waals surface area contributed by atoms with E-state index in [2.05, 4.69) is 43.9 Å². The van der Waals surface area contributed by atoms with Crippen molar-refractivity contribution < 1.29 is 4.92 Å². The second-order valence-corrected chi connectivity index (χ2v) is 8.86. The number of anilines is 1. The first kappa shape index (κ1) is 20.7. The van der Waals surface area contributed by atoms with Crippen LogP contribution < -0.4 is 4.90 Å². The lowest BCUT2D eigenvalue weighted by molar-refractivity contribution is -0.384. The molecule has 2 fully saturated rings. The largest absolute Gasteiger partial charge is 0.369 e. The van der Waals surface area contributed by atoms with Gasteiger partial charge in [-0.15, -0.1) is 5.10 Å². The van der Waals surface area contributed by atoms with Crippen LogP contribution >= 0.6 is 0 Å². The van der Waals surface area contributed by atoms with E-state index in [0.717, 1.165) is 44.1 Å². The van der Waals surface area contributed by atoms with E-state index in [0.29, 0.717) is 12.0 Å². The minimum absolute atomic E-state index is 0.133. The Hall–Kier alpha value is -2.55. The van der Waals surface area contributed by atoms with E-state index in [4.69, 9.17) is 0 Å². The van der Waals surface area contributed by atoms with Crippen LogP contribution in [0.5, 0.6) is 0 Å². The summed E-state index contributed by atoms with van der Waals surface area (Å²) in [6.45, 7) is 8.13. The Morgan fingerprint density at radius 3 is 2.37 bits per heavy atom. The molecule has 4 rings (SSSR count). The van der Waals surface area contributed by atoms with Gasteiger partial charge in [-0.05, 0) is 47.7 Å². The van der Waals surface area contributed by atoms with E-state index in [1.807, 2.05) is 12.1 Å². The number of rotatable bonds is 7. The van der Waals surface area contributed by atoms with E-state index >= 15 is 0 Å². The second-order valence-electron chi connectivity index (χ2n) is 8.86. The van der Waals surface area contributed by atoms with Gasteiger partial charge in [0.2, 0.25) is 0 Å². The van der Waals surface area contributed by atoms with Gasteiger partial charge in [-0.3, -0.25) is 15.0 Å². The predicted octanol–water partition coefficient (Wildman–Crippen LogP) is 3.61. The fourth-order valence-corrected chi connectivity index (χ4v) is 4.77. The highest BCUT2D eigenvalue weighted by Crippen LogP contribution is 2.34. The number of hydrogen-bond acceptors (Lipinski definition) is 7. The molecule has 1 saturated carbocycles. The number of aromatic nitrogens is 4. The molecular weight excluding hydrogens is 382 g/mol. The molecule has 0 spiro atoms. The molecule has 2 aromatic rings. The molecule has 1 aliphatic carbocycles. The first-order valence-electron chi connectivity index (χ1n) is 11.0. The van der Waals surface area contributed by atoms with E-state index in [-0.39, 0.29) is 16.7 Å². The highest BCUT2D eigenvalue weighted by molar-refractivity contribution is 5.51. The number of nitrogens with zero attached hydrogens (tertiary/aromatic N) is 7. The van der Waals surface area contributed by atoms with E-state index in [1.54, 1.807) is 12.1 Å². The van der Waals surface area contributed by atoms with Crippen LogP contribution in [0.25, 0.3) is 0 Å². The zero-order valence-corrected chi connectivity index (χ0v) is 17.9. The zero-order valence-electron chi connectivity index (χ0n) is 17.9. The minimum atomic E-state index is -0.354. The Morgan fingerprint density at radius 2 is 1.77 bits per heavy atom. The van der Waals surface area contributed by atoms with Gasteiger partial charge in [-0.25, -0.2) is 4.68 Å². The van der Waals surface area contributed by atoms with Gasteiger partial charge in [0.1, 0.15) is 0 Å². The van der Waals surface area contributed by atoms with Crippen LogP contribution in [0.1, 0.15) is 63.9 Å². The summed E-state index contributed by atoms with van der Waals surface area (Å²) in [7, 11) is 0. The molecule has 9 nitrogen and oxygen atoms in total. The van der Waals surface area contributed by atoms with Gasteiger partial charge < -0.3 is 4.90 Å². The Labute approximate surface area is 177 Å².